The van der Waals surface area contributed by atoms with E-state index in [-0.39, 0.29) is 10.1 Å². The first-order valence-corrected chi connectivity index (χ1v) is 11.2. The summed E-state index contributed by atoms with van der Waals surface area (Å²) in [5, 5.41) is 3.84. The van der Waals surface area contributed by atoms with E-state index in [2.05, 4.69) is 15.1 Å². The third kappa shape index (κ3) is 4.46. The molecule has 5 aromatic rings. The van der Waals surface area contributed by atoms with E-state index in [9.17, 15) is 18.0 Å². The maximum absolute atomic E-state index is 13.1. The first-order valence-electron chi connectivity index (χ1n) is 10.0. The summed E-state index contributed by atoms with van der Waals surface area (Å²) in [6.45, 7) is 0. The summed E-state index contributed by atoms with van der Waals surface area (Å²) in [5.74, 6) is 1.63. The maximum atomic E-state index is 13.1. The van der Waals surface area contributed by atoms with Crippen LogP contribution in [0.3, 0.4) is 0 Å². The molecule has 0 saturated carbocycles. The zero-order valence-corrected chi connectivity index (χ0v) is 18.8. The highest BCUT2D eigenvalue weighted by Gasteiger charge is 2.33. The van der Waals surface area contributed by atoms with Crippen molar-refractivity contribution in [2.24, 2.45) is 0 Å². The molecule has 0 aliphatic heterocycles. The van der Waals surface area contributed by atoms with Gasteiger partial charge < -0.3 is 4.42 Å². The van der Waals surface area contributed by atoms with Crippen LogP contribution in [0.1, 0.15) is 22.8 Å². The van der Waals surface area contributed by atoms with E-state index < -0.39 is 22.3 Å². The molecule has 0 bridgehead atoms. The minimum atomic E-state index is -4.59. The lowest BCUT2D eigenvalue weighted by Crippen LogP contribution is -2.24. The number of oxazole rings is 1. The summed E-state index contributed by atoms with van der Waals surface area (Å²) >= 11 is 6.71. The van der Waals surface area contributed by atoms with Crippen molar-refractivity contribution < 1.29 is 17.6 Å². The number of aromatic nitrogens is 4. The molecule has 0 fully saturated rings. The fraction of sp³-hybridized carbons (Fsp3) is 0.130. The van der Waals surface area contributed by atoms with Gasteiger partial charge in [-0.05, 0) is 23.8 Å². The van der Waals surface area contributed by atoms with E-state index in [1.54, 1.807) is 6.20 Å². The monoisotopic (exact) mass is 502 g/mol. The van der Waals surface area contributed by atoms with E-state index in [4.69, 9.17) is 16.0 Å². The summed E-state index contributed by atoms with van der Waals surface area (Å²) in [5.41, 5.74) is -0.287. The predicted molar refractivity (Wildman–Crippen MR) is 122 cm³/mol. The predicted octanol–water partition coefficient (Wildman–Crippen LogP) is 4.81. The van der Waals surface area contributed by atoms with Crippen LogP contribution in [0.15, 0.2) is 63.9 Å². The summed E-state index contributed by atoms with van der Waals surface area (Å²) in [7, 11) is 0. The number of nitrogens with zero attached hydrogens (tertiary/aromatic N) is 4. The van der Waals surface area contributed by atoms with Crippen molar-refractivity contribution in [1.82, 2.24) is 19.6 Å². The molecule has 0 N–H and O–H groups in total. The number of alkyl halides is 3. The maximum Gasteiger partial charge on any atom is 0.417 e. The van der Waals surface area contributed by atoms with Gasteiger partial charge in [-0.1, -0.05) is 59.3 Å². The van der Waals surface area contributed by atoms with Gasteiger partial charge in [-0.3, -0.25) is 4.79 Å². The molecule has 0 atom stereocenters. The molecule has 3 heterocycles. The molecule has 3 aromatic heterocycles. The van der Waals surface area contributed by atoms with Crippen LogP contribution < -0.4 is 10.1 Å². The molecule has 0 unspecified atom stereocenters. The van der Waals surface area contributed by atoms with Gasteiger partial charge in [-0.25, -0.2) is 9.97 Å². The SMILES string of the molecule is O=c1/c(=C/c2ccc(Cl)c(C(F)(F)F)c2)sc2nc(CCc3ncc(-c4ccccc4)o3)nn12. The van der Waals surface area contributed by atoms with Crippen molar-refractivity contribution in [2.45, 2.75) is 19.0 Å². The van der Waals surface area contributed by atoms with E-state index >= 15 is 0 Å². The van der Waals surface area contributed by atoms with Gasteiger partial charge in [0.05, 0.1) is 21.3 Å². The van der Waals surface area contributed by atoms with Crippen LogP contribution in [0.5, 0.6) is 0 Å². The van der Waals surface area contributed by atoms with E-state index in [1.807, 2.05) is 30.3 Å². The fourth-order valence-electron chi connectivity index (χ4n) is 3.36. The Kier molecular flexibility index (Phi) is 5.70. The summed E-state index contributed by atoms with van der Waals surface area (Å²) < 4.78 is 46.4. The molecule has 0 aliphatic rings. The lowest BCUT2D eigenvalue weighted by molar-refractivity contribution is -0.137. The van der Waals surface area contributed by atoms with Crippen LogP contribution in [0.25, 0.3) is 22.4 Å². The Morgan fingerprint density at radius 1 is 1.12 bits per heavy atom. The van der Waals surface area contributed by atoms with Crippen molar-refractivity contribution in [2.75, 3.05) is 0 Å². The fourth-order valence-corrected chi connectivity index (χ4v) is 4.51. The molecule has 0 saturated heterocycles. The van der Waals surface area contributed by atoms with Crippen LogP contribution in [0.4, 0.5) is 13.2 Å². The molecule has 0 radical (unpaired) electrons. The molecule has 6 nitrogen and oxygen atoms in total. The summed E-state index contributed by atoms with van der Waals surface area (Å²) in [6, 6.07) is 13.1. The first-order chi connectivity index (χ1) is 16.3. The quantitative estimate of drug-likeness (QED) is 0.345. The normalized spacial score (nSPS) is 12.6. The molecular formula is C23H14ClF3N4O2S. The van der Waals surface area contributed by atoms with Crippen molar-refractivity contribution >= 4 is 34.0 Å². The second-order valence-electron chi connectivity index (χ2n) is 7.36. The summed E-state index contributed by atoms with van der Waals surface area (Å²) in [6.07, 6.45) is -0.710. The van der Waals surface area contributed by atoms with Crippen LogP contribution in [0.2, 0.25) is 5.02 Å². The molecule has 11 heteroatoms. The number of halogens is 4. The topological polar surface area (TPSA) is 73.3 Å². The van der Waals surface area contributed by atoms with Gasteiger partial charge in [0.1, 0.15) is 0 Å². The van der Waals surface area contributed by atoms with Gasteiger partial charge in [0.25, 0.3) is 5.56 Å². The minimum Gasteiger partial charge on any atom is -0.441 e. The minimum absolute atomic E-state index is 0.205. The molecule has 5 rings (SSSR count). The Morgan fingerprint density at radius 2 is 1.91 bits per heavy atom. The average Bonchev–Trinajstić information content (AvgIpc) is 3.51. The Bertz CT molecular complexity index is 1590. The highest BCUT2D eigenvalue weighted by molar-refractivity contribution is 7.15. The number of aryl methyl sites for hydroxylation is 2. The van der Waals surface area contributed by atoms with E-state index in [1.165, 1.54) is 12.1 Å². The van der Waals surface area contributed by atoms with Crippen LogP contribution >= 0.6 is 22.9 Å². The van der Waals surface area contributed by atoms with Gasteiger partial charge in [0.15, 0.2) is 17.5 Å². The van der Waals surface area contributed by atoms with Crippen LogP contribution in [-0.2, 0) is 19.0 Å². The van der Waals surface area contributed by atoms with Gasteiger partial charge in [0.2, 0.25) is 4.96 Å². The van der Waals surface area contributed by atoms with Gasteiger partial charge >= 0.3 is 6.18 Å². The smallest absolute Gasteiger partial charge is 0.417 e. The van der Waals surface area contributed by atoms with Crippen molar-refractivity contribution in [3.8, 4) is 11.3 Å². The Balaban J connectivity index is 1.36. The number of hydrogen-bond donors (Lipinski definition) is 0. The molecule has 0 aliphatic carbocycles. The van der Waals surface area contributed by atoms with Crippen molar-refractivity contribution in [3.05, 3.63) is 97.5 Å². The number of benzene rings is 2. The molecular weight excluding hydrogens is 489 g/mol. The van der Waals surface area contributed by atoms with Gasteiger partial charge in [-0.15, -0.1) is 5.10 Å². The standard InChI is InChI=1S/C23H14ClF3N4O2S/c24-16-7-6-13(10-15(16)23(25,26)27)11-18-21(32)31-22(34-18)29-19(30-31)8-9-20-28-12-17(33-20)14-4-2-1-3-5-14/h1-7,10-12H,8-9H2/b18-11-. The lowest BCUT2D eigenvalue weighted by Gasteiger charge is -2.09. The van der Waals surface area contributed by atoms with Crippen LogP contribution in [-0.4, -0.2) is 19.6 Å². The van der Waals surface area contributed by atoms with Crippen LogP contribution in [0, 0.1) is 0 Å². The second kappa shape index (κ2) is 8.69. The molecule has 0 amide bonds. The molecule has 0 spiro atoms. The molecule has 172 valence electrons. The van der Waals surface area contributed by atoms with Crippen molar-refractivity contribution in [1.29, 1.82) is 0 Å². The molecule has 34 heavy (non-hydrogen) atoms. The Morgan fingerprint density at radius 3 is 2.65 bits per heavy atom. The third-order valence-electron chi connectivity index (χ3n) is 4.99. The average molecular weight is 503 g/mol. The van der Waals surface area contributed by atoms with Gasteiger partial charge in [0, 0.05) is 18.4 Å². The first kappa shape index (κ1) is 22.3. The number of hydrogen-bond acceptors (Lipinski definition) is 6. The largest absolute Gasteiger partial charge is 0.441 e. The highest BCUT2D eigenvalue weighted by atomic mass is 35.5. The van der Waals surface area contributed by atoms with E-state index in [0.29, 0.717) is 35.3 Å². The highest BCUT2D eigenvalue weighted by Crippen LogP contribution is 2.35. The zero-order chi connectivity index (χ0) is 23.9. The summed E-state index contributed by atoms with van der Waals surface area (Å²) in [4.78, 5) is 21.7. The van der Waals surface area contributed by atoms with E-state index in [0.717, 1.165) is 33.5 Å². The van der Waals surface area contributed by atoms with Crippen molar-refractivity contribution in [3.63, 3.8) is 0 Å². The number of thiazole rings is 1. The van der Waals surface area contributed by atoms with Gasteiger partial charge in [-0.2, -0.15) is 17.7 Å². The Labute approximate surface area is 199 Å². The number of rotatable bonds is 5. The molecule has 2 aromatic carbocycles. The third-order valence-corrected chi connectivity index (χ3v) is 6.28. The second-order valence-corrected chi connectivity index (χ2v) is 8.78. The zero-order valence-electron chi connectivity index (χ0n) is 17.2. The number of fused-ring (bicyclic) bond motifs is 1. The Hall–Kier alpha value is -3.50. The lowest BCUT2D eigenvalue weighted by atomic mass is 10.1.